The van der Waals surface area contributed by atoms with Gasteiger partial charge >= 0.3 is 5.97 Å². The molecule has 0 fully saturated rings. The zero-order chi connectivity index (χ0) is 14.4. The summed E-state index contributed by atoms with van der Waals surface area (Å²) in [5.74, 6) is -0.741. The Kier molecular flexibility index (Phi) is 4.66. The third kappa shape index (κ3) is 4.05. The minimum Gasteiger partial charge on any atom is -0.481 e. The molecule has 0 saturated heterocycles. The van der Waals surface area contributed by atoms with E-state index in [2.05, 4.69) is 0 Å². The molecule has 0 aliphatic heterocycles. The summed E-state index contributed by atoms with van der Waals surface area (Å²) >= 11 is 0. The molecule has 0 atom stereocenters. The Morgan fingerprint density at radius 1 is 0.850 bits per heavy atom. The number of carbonyl (C=O) groups excluding carboxylic acids is 1. The van der Waals surface area contributed by atoms with E-state index in [1.54, 1.807) is 12.1 Å². The van der Waals surface area contributed by atoms with Gasteiger partial charge in [0.25, 0.3) is 0 Å². The summed E-state index contributed by atoms with van der Waals surface area (Å²) < 4.78 is 0. The number of ketones is 1. The molecule has 0 radical (unpaired) electrons. The lowest BCUT2D eigenvalue weighted by atomic mass is 10.0. The average Bonchev–Trinajstić information content (AvgIpc) is 2.46. The van der Waals surface area contributed by atoms with Gasteiger partial charge in [0.05, 0.1) is 0 Å². The van der Waals surface area contributed by atoms with Gasteiger partial charge in [0.1, 0.15) is 0 Å². The number of benzene rings is 2. The minimum absolute atomic E-state index is 0.0704. The van der Waals surface area contributed by atoms with E-state index in [0.717, 1.165) is 11.1 Å². The SMILES string of the molecule is O=C(O)CCc1ccc(C(=O)Cc2ccccc2)cc1. The van der Waals surface area contributed by atoms with Crippen LogP contribution in [0.3, 0.4) is 0 Å². The number of aryl methyl sites for hydroxylation is 1. The smallest absolute Gasteiger partial charge is 0.303 e. The first-order chi connectivity index (χ1) is 9.65. The fourth-order valence-electron chi connectivity index (χ4n) is 1.99. The number of carboxylic acids is 1. The topological polar surface area (TPSA) is 54.4 Å². The van der Waals surface area contributed by atoms with Crippen molar-refractivity contribution in [3.8, 4) is 0 Å². The molecule has 0 aliphatic rings. The van der Waals surface area contributed by atoms with Crippen molar-refractivity contribution in [3.05, 3.63) is 71.3 Å². The number of aliphatic carboxylic acids is 1. The lowest BCUT2D eigenvalue weighted by Crippen LogP contribution is -2.04. The lowest BCUT2D eigenvalue weighted by molar-refractivity contribution is -0.136. The number of Topliss-reactive ketones (excluding diaryl/α,β-unsaturated/α-hetero) is 1. The van der Waals surface area contributed by atoms with E-state index in [0.29, 0.717) is 18.4 Å². The molecule has 0 amide bonds. The number of carbonyl (C=O) groups is 2. The summed E-state index contributed by atoms with van der Waals surface area (Å²) in [4.78, 5) is 22.6. The van der Waals surface area contributed by atoms with Gasteiger partial charge in [0.15, 0.2) is 5.78 Å². The average molecular weight is 268 g/mol. The van der Waals surface area contributed by atoms with Gasteiger partial charge in [-0.05, 0) is 17.5 Å². The van der Waals surface area contributed by atoms with Crippen LogP contribution >= 0.6 is 0 Å². The maximum atomic E-state index is 12.1. The molecule has 3 heteroatoms. The largest absolute Gasteiger partial charge is 0.481 e. The molecule has 0 unspecified atom stereocenters. The summed E-state index contributed by atoms with van der Waals surface area (Å²) in [6.45, 7) is 0. The number of carboxylic acid groups (broad SMARTS) is 1. The zero-order valence-corrected chi connectivity index (χ0v) is 11.1. The molecule has 0 spiro atoms. The fourth-order valence-corrected chi connectivity index (χ4v) is 1.99. The second-order valence-corrected chi connectivity index (χ2v) is 4.68. The summed E-state index contributed by atoms with van der Waals surface area (Å²) in [6, 6.07) is 16.8. The van der Waals surface area contributed by atoms with E-state index >= 15 is 0 Å². The van der Waals surface area contributed by atoms with Crippen molar-refractivity contribution < 1.29 is 14.7 Å². The maximum Gasteiger partial charge on any atom is 0.303 e. The van der Waals surface area contributed by atoms with E-state index in [4.69, 9.17) is 5.11 Å². The van der Waals surface area contributed by atoms with Crippen molar-refractivity contribution >= 4 is 11.8 Å². The molecule has 0 aliphatic carbocycles. The second-order valence-electron chi connectivity index (χ2n) is 4.68. The molecule has 2 rings (SSSR count). The van der Waals surface area contributed by atoms with Gasteiger partial charge in [-0.1, -0.05) is 54.6 Å². The molecule has 102 valence electrons. The van der Waals surface area contributed by atoms with Crippen molar-refractivity contribution in [3.63, 3.8) is 0 Å². The number of rotatable bonds is 6. The van der Waals surface area contributed by atoms with E-state index in [1.165, 1.54) is 0 Å². The molecule has 0 aromatic heterocycles. The Morgan fingerprint density at radius 3 is 2.10 bits per heavy atom. The van der Waals surface area contributed by atoms with Crippen LogP contribution in [0.1, 0.15) is 27.9 Å². The van der Waals surface area contributed by atoms with Crippen LogP contribution in [0, 0.1) is 0 Å². The van der Waals surface area contributed by atoms with Gasteiger partial charge in [-0.25, -0.2) is 0 Å². The Morgan fingerprint density at radius 2 is 1.50 bits per heavy atom. The second kappa shape index (κ2) is 6.66. The van der Waals surface area contributed by atoms with Gasteiger partial charge in [-0.2, -0.15) is 0 Å². The van der Waals surface area contributed by atoms with Crippen molar-refractivity contribution in [1.82, 2.24) is 0 Å². The molecule has 2 aromatic carbocycles. The molecule has 0 saturated carbocycles. The van der Waals surface area contributed by atoms with Gasteiger partial charge in [0, 0.05) is 18.4 Å². The predicted molar refractivity (Wildman–Crippen MR) is 76.9 cm³/mol. The monoisotopic (exact) mass is 268 g/mol. The summed E-state index contributed by atoms with van der Waals surface area (Å²) in [7, 11) is 0. The van der Waals surface area contributed by atoms with E-state index in [1.807, 2.05) is 42.5 Å². The highest BCUT2D eigenvalue weighted by Gasteiger charge is 2.07. The van der Waals surface area contributed by atoms with Crippen molar-refractivity contribution in [2.24, 2.45) is 0 Å². The highest BCUT2D eigenvalue weighted by Crippen LogP contribution is 2.10. The lowest BCUT2D eigenvalue weighted by Gasteiger charge is -2.03. The molecule has 1 N–H and O–H groups in total. The van der Waals surface area contributed by atoms with Gasteiger partial charge < -0.3 is 5.11 Å². The van der Waals surface area contributed by atoms with Crippen molar-refractivity contribution in [2.75, 3.05) is 0 Å². The third-order valence-electron chi connectivity index (χ3n) is 3.11. The van der Waals surface area contributed by atoms with Gasteiger partial charge in [0.2, 0.25) is 0 Å². The Bertz CT molecular complexity index is 585. The molecule has 3 nitrogen and oxygen atoms in total. The van der Waals surface area contributed by atoms with Crippen molar-refractivity contribution in [2.45, 2.75) is 19.3 Å². The minimum atomic E-state index is -0.811. The van der Waals surface area contributed by atoms with Crippen LogP contribution < -0.4 is 0 Å². The first-order valence-corrected chi connectivity index (χ1v) is 6.53. The van der Waals surface area contributed by atoms with Gasteiger partial charge in [-0.15, -0.1) is 0 Å². The van der Waals surface area contributed by atoms with Crippen LogP contribution in [0.4, 0.5) is 0 Å². The standard InChI is InChI=1S/C17H16O3/c18-16(12-14-4-2-1-3-5-14)15-9-6-13(7-10-15)8-11-17(19)20/h1-7,9-10H,8,11-12H2,(H,19,20). The first-order valence-electron chi connectivity index (χ1n) is 6.53. The molecule has 2 aromatic rings. The quantitative estimate of drug-likeness (QED) is 0.819. The van der Waals surface area contributed by atoms with Crippen LogP contribution in [-0.2, 0) is 17.6 Å². The van der Waals surface area contributed by atoms with E-state index in [9.17, 15) is 9.59 Å². The zero-order valence-electron chi connectivity index (χ0n) is 11.1. The molecular formula is C17H16O3. The fraction of sp³-hybridized carbons (Fsp3) is 0.176. The predicted octanol–water partition coefficient (Wildman–Crippen LogP) is 3.13. The molecule has 0 heterocycles. The van der Waals surface area contributed by atoms with Gasteiger partial charge in [-0.3, -0.25) is 9.59 Å². The first kappa shape index (κ1) is 14.0. The summed E-state index contributed by atoms with van der Waals surface area (Å²) in [5, 5.41) is 8.63. The third-order valence-corrected chi connectivity index (χ3v) is 3.11. The Balaban J connectivity index is 1.99. The summed E-state index contributed by atoms with van der Waals surface area (Å²) in [6.07, 6.45) is 0.981. The number of hydrogen-bond donors (Lipinski definition) is 1. The summed E-state index contributed by atoms with van der Waals surface area (Å²) in [5.41, 5.74) is 2.59. The Hall–Kier alpha value is -2.42. The highest BCUT2D eigenvalue weighted by molar-refractivity contribution is 5.97. The molecule has 0 bridgehead atoms. The van der Waals surface area contributed by atoms with E-state index in [-0.39, 0.29) is 12.2 Å². The van der Waals surface area contributed by atoms with Crippen LogP contribution in [0.2, 0.25) is 0 Å². The highest BCUT2D eigenvalue weighted by atomic mass is 16.4. The maximum absolute atomic E-state index is 12.1. The van der Waals surface area contributed by atoms with Crippen molar-refractivity contribution in [1.29, 1.82) is 0 Å². The molecular weight excluding hydrogens is 252 g/mol. The molecule has 20 heavy (non-hydrogen) atoms. The number of hydrogen-bond acceptors (Lipinski definition) is 2. The Labute approximate surface area is 117 Å². The van der Waals surface area contributed by atoms with Crippen LogP contribution in [0.25, 0.3) is 0 Å². The normalized spacial score (nSPS) is 10.2. The van der Waals surface area contributed by atoms with Crippen LogP contribution in [-0.4, -0.2) is 16.9 Å². The van der Waals surface area contributed by atoms with Crippen LogP contribution in [0.15, 0.2) is 54.6 Å². The van der Waals surface area contributed by atoms with E-state index < -0.39 is 5.97 Å². The van der Waals surface area contributed by atoms with Crippen LogP contribution in [0.5, 0.6) is 0 Å².